The van der Waals surface area contributed by atoms with Gasteiger partial charge in [-0.3, -0.25) is 0 Å². The Hall–Kier alpha value is -1.59. The first-order chi connectivity index (χ1) is 10.2. The highest BCUT2D eigenvalue weighted by atomic mass is 15.3. The standard InChI is InChI=1S/C15H26N6/c1-3-16-12-17-13(20-15(2)8-7-9-15)19-14(18-12)21-10-5-4-6-11-21/h3-11H2,1-2H3,(H2,16,17,18,19,20). The zero-order valence-corrected chi connectivity index (χ0v) is 13.2. The Morgan fingerprint density at radius 2 is 1.71 bits per heavy atom. The van der Waals surface area contributed by atoms with Gasteiger partial charge in [-0.2, -0.15) is 15.0 Å². The van der Waals surface area contributed by atoms with E-state index in [0.29, 0.717) is 11.9 Å². The van der Waals surface area contributed by atoms with E-state index >= 15 is 0 Å². The second kappa shape index (κ2) is 6.03. The van der Waals surface area contributed by atoms with E-state index in [2.05, 4.69) is 44.3 Å². The molecule has 21 heavy (non-hydrogen) atoms. The summed E-state index contributed by atoms with van der Waals surface area (Å²) >= 11 is 0. The second-order valence-electron chi connectivity index (χ2n) is 6.40. The molecule has 6 nitrogen and oxygen atoms in total. The van der Waals surface area contributed by atoms with E-state index in [1.54, 1.807) is 0 Å². The largest absolute Gasteiger partial charge is 0.354 e. The predicted molar refractivity (Wildman–Crippen MR) is 85.9 cm³/mol. The lowest BCUT2D eigenvalue weighted by molar-refractivity contribution is 0.304. The van der Waals surface area contributed by atoms with Gasteiger partial charge in [0.2, 0.25) is 17.8 Å². The van der Waals surface area contributed by atoms with Crippen LogP contribution in [0.2, 0.25) is 0 Å². The lowest BCUT2D eigenvalue weighted by atomic mass is 9.79. The van der Waals surface area contributed by atoms with Crippen molar-refractivity contribution in [2.45, 2.75) is 57.9 Å². The zero-order chi connectivity index (χ0) is 14.7. The third kappa shape index (κ3) is 3.36. The van der Waals surface area contributed by atoms with Crippen LogP contribution < -0.4 is 15.5 Å². The first-order valence-electron chi connectivity index (χ1n) is 8.22. The Morgan fingerprint density at radius 3 is 2.33 bits per heavy atom. The minimum atomic E-state index is 0.157. The lowest BCUT2D eigenvalue weighted by Crippen LogP contribution is -2.42. The van der Waals surface area contributed by atoms with Gasteiger partial charge < -0.3 is 15.5 Å². The summed E-state index contributed by atoms with van der Waals surface area (Å²) in [6, 6.07) is 0. The third-order valence-electron chi connectivity index (χ3n) is 4.47. The fourth-order valence-electron chi connectivity index (χ4n) is 3.00. The van der Waals surface area contributed by atoms with Crippen LogP contribution >= 0.6 is 0 Å². The van der Waals surface area contributed by atoms with Crippen molar-refractivity contribution in [1.29, 1.82) is 0 Å². The molecule has 1 aliphatic carbocycles. The van der Waals surface area contributed by atoms with Crippen LogP contribution in [0.4, 0.5) is 17.8 Å². The molecule has 0 spiro atoms. The van der Waals surface area contributed by atoms with E-state index in [9.17, 15) is 0 Å². The molecule has 0 unspecified atom stereocenters. The Kier molecular flexibility index (Phi) is 4.12. The summed E-state index contributed by atoms with van der Waals surface area (Å²) in [5.74, 6) is 2.20. The Labute approximate surface area is 126 Å². The van der Waals surface area contributed by atoms with Crippen LogP contribution in [0.5, 0.6) is 0 Å². The maximum atomic E-state index is 4.66. The van der Waals surface area contributed by atoms with Crippen molar-refractivity contribution in [2.24, 2.45) is 0 Å². The predicted octanol–water partition coefficient (Wildman–Crippen LogP) is 2.65. The average molecular weight is 290 g/mol. The molecule has 0 bridgehead atoms. The molecule has 2 heterocycles. The topological polar surface area (TPSA) is 66.0 Å². The summed E-state index contributed by atoms with van der Waals surface area (Å²) in [5.41, 5.74) is 0.157. The molecule has 0 atom stereocenters. The van der Waals surface area contributed by atoms with Crippen molar-refractivity contribution in [3.8, 4) is 0 Å². The van der Waals surface area contributed by atoms with Crippen LogP contribution in [0.3, 0.4) is 0 Å². The molecule has 2 N–H and O–H groups in total. The molecule has 3 rings (SSSR count). The number of piperidine rings is 1. The molecule has 1 saturated heterocycles. The molecule has 2 fully saturated rings. The fourth-order valence-corrected chi connectivity index (χ4v) is 3.00. The van der Waals surface area contributed by atoms with Gasteiger partial charge in [-0.15, -0.1) is 0 Å². The summed E-state index contributed by atoms with van der Waals surface area (Å²) in [6.45, 7) is 7.22. The Balaban J connectivity index is 1.82. The highest BCUT2D eigenvalue weighted by Crippen LogP contribution is 2.34. The molecule has 1 aromatic rings. The number of hydrogen-bond donors (Lipinski definition) is 2. The highest BCUT2D eigenvalue weighted by Gasteiger charge is 2.32. The van der Waals surface area contributed by atoms with Gasteiger partial charge in [-0.05, 0) is 52.4 Å². The molecular weight excluding hydrogens is 264 g/mol. The monoisotopic (exact) mass is 290 g/mol. The normalized spacial score (nSPS) is 20.8. The van der Waals surface area contributed by atoms with Crippen LogP contribution in [0.1, 0.15) is 52.4 Å². The van der Waals surface area contributed by atoms with Gasteiger partial charge in [0, 0.05) is 25.2 Å². The van der Waals surface area contributed by atoms with E-state index in [-0.39, 0.29) is 5.54 Å². The number of nitrogens with one attached hydrogen (secondary N) is 2. The molecule has 0 radical (unpaired) electrons. The van der Waals surface area contributed by atoms with Gasteiger partial charge in [0.1, 0.15) is 0 Å². The van der Waals surface area contributed by atoms with E-state index in [4.69, 9.17) is 0 Å². The van der Waals surface area contributed by atoms with Crippen LogP contribution in [0, 0.1) is 0 Å². The number of aromatic nitrogens is 3. The van der Waals surface area contributed by atoms with E-state index in [1.807, 2.05) is 0 Å². The quantitative estimate of drug-likeness (QED) is 0.869. The molecule has 0 aromatic carbocycles. The van der Waals surface area contributed by atoms with E-state index in [1.165, 1.54) is 38.5 Å². The minimum absolute atomic E-state index is 0.157. The minimum Gasteiger partial charge on any atom is -0.354 e. The summed E-state index contributed by atoms with van der Waals surface area (Å²) < 4.78 is 0. The Bertz CT molecular complexity index is 479. The van der Waals surface area contributed by atoms with Crippen molar-refractivity contribution in [1.82, 2.24) is 15.0 Å². The summed E-state index contributed by atoms with van der Waals surface area (Å²) in [6.07, 6.45) is 7.42. The fraction of sp³-hybridized carbons (Fsp3) is 0.800. The van der Waals surface area contributed by atoms with E-state index < -0.39 is 0 Å². The molecule has 0 amide bonds. The lowest BCUT2D eigenvalue weighted by Gasteiger charge is -2.39. The number of nitrogens with zero attached hydrogens (tertiary/aromatic N) is 4. The van der Waals surface area contributed by atoms with Gasteiger partial charge >= 0.3 is 0 Å². The number of anilines is 3. The van der Waals surface area contributed by atoms with Gasteiger partial charge in [0.05, 0.1) is 0 Å². The molecule has 116 valence electrons. The summed E-state index contributed by atoms with van der Waals surface area (Å²) in [7, 11) is 0. The smallest absolute Gasteiger partial charge is 0.231 e. The SMILES string of the molecule is CCNc1nc(NC2(C)CCC2)nc(N2CCCCC2)n1. The molecule has 6 heteroatoms. The van der Waals surface area contributed by atoms with Crippen molar-refractivity contribution in [3.05, 3.63) is 0 Å². The molecule has 1 saturated carbocycles. The molecular formula is C15H26N6. The highest BCUT2D eigenvalue weighted by molar-refractivity contribution is 5.45. The first-order valence-corrected chi connectivity index (χ1v) is 8.22. The van der Waals surface area contributed by atoms with Crippen LogP contribution in [0.15, 0.2) is 0 Å². The number of hydrogen-bond acceptors (Lipinski definition) is 6. The van der Waals surface area contributed by atoms with E-state index in [0.717, 1.165) is 25.6 Å². The average Bonchev–Trinajstić information content (AvgIpc) is 2.47. The zero-order valence-electron chi connectivity index (χ0n) is 13.2. The van der Waals surface area contributed by atoms with Gasteiger partial charge in [0.15, 0.2) is 0 Å². The summed E-state index contributed by atoms with van der Waals surface area (Å²) in [5, 5.41) is 6.72. The molecule has 2 aliphatic rings. The van der Waals surface area contributed by atoms with Gasteiger partial charge in [-0.1, -0.05) is 0 Å². The maximum absolute atomic E-state index is 4.66. The van der Waals surface area contributed by atoms with Crippen LogP contribution in [-0.2, 0) is 0 Å². The first kappa shape index (κ1) is 14.4. The van der Waals surface area contributed by atoms with Crippen LogP contribution in [0.25, 0.3) is 0 Å². The number of rotatable bonds is 5. The van der Waals surface area contributed by atoms with Crippen molar-refractivity contribution in [2.75, 3.05) is 35.2 Å². The maximum Gasteiger partial charge on any atom is 0.231 e. The van der Waals surface area contributed by atoms with Crippen molar-refractivity contribution < 1.29 is 0 Å². The third-order valence-corrected chi connectivity index (χ3v) is 4.47. The summed E-state index contributed by atoms with van der Waals surface area (Å²) in [4.78, 5) is 16.0. The van der Waals surface area contributed by atoms with Crippen molar-refractivity contribution >= 4 is 17.8 Å². The molecule has 1 aliphatic heterocycles. The molecule has 1 aromatic heterocycles. The van der Waals surface area contributed by atoms with Crippen LogP contribution in [-0.4, -0.2) is 40.1 Å². The van der Waals surface area contributed by atoms with Gasteiger partial charge in [0.25, 0.3) is 0 Å². The second-order valence-corrected chi connectivity index (χ2v) is 6.40. The van der Waals surface area contributed by atoms with Gasteiger partial charge in [-0.25, -0.2) is 0 Å². The Morgan fingerprint density at radius 1 is 1.00 bits per heavy atom. The van der Waals surface area contributed by atoms with Crippen molar-refractivity contribution in [3.63, 3.8) is 0 Å².